The van der Waals surface area contributed by atoms with Crippen LogP contribution < -0.4 is 16.5 Å². The highest BCUT2D eigenvalue weighted by Crippen LogP contribution is 2.32. The van der Waals surface area contributed by atoms with Gasteiger partial charge in [0.1, 0.15) is 11.2 Å². The van der Waals surface area contributed by atoms with E-state index in [2.05, 4.69) is 41.4 Å². The Morgan fingerprint density at radius 2 is 1.54 bits per heavy atom. The van der Waals surface area contributed by atoms with Crippen molar-refractivity contribution < 1.29 is 38.6 Å². The number of nitrogens with zero attached hydrogens (tertiary/aromatic N) is 3. The quantitative estimate of drug-likeness (QED) is 0.0598. The monoisotopic (exact) mass is 586 g/mol. The molecule has 0 unspecified atom stereocenters. The second kappa shape index (κ2) is 12.8. The van der Waals surface area contributed by atoms with Gasteiger partial charge < -0.3 is 25.2 Å². The molecule has 0 aromatic heterocycles. The fourth-order valence-corrected chi connectivity index (χ4v) is 3.44. The second-order valence-electron chi connectivity index (χ2n) is 9.59. The fourth-order valence-electron chi connectivity index (χ4n) is 2.79. The molecule has 15 heteroatoms. The summed E-state index contributed by atoms with van der Waals surface area (Å²) in [5.41, 5.74) is 3.89. The SMILES string of the molecule is CC(C)(C)OC(=O)C(ON)(C(=O)NCCNC(=O)c1c(CO)ccc(N=[N+]=[N-])c1Br)C(=O)OC(C)(C)C. The van der Waals surface area contributed by atoms with E-state index in [1.807, 2.05) is 0 Å². The molecule has 1 rings (SSSR count). The normalized spacial score (nSPS) is 11.7. The van der Waals surface area contributed by atoms with Crippen molar-refractivity contribution in [1.82, 2.24) is 10.6 Å². The standard InChI is InChI=1S/C22H31BrN6O8/c1-20(2,3)35-18(33)22(37-25,19(34)36-21(4,5)6)17(32)27-10-9-26-16(31)14-12(11-30)7-8-13(15(14)23)28-29-24/h7-8,30H,9-11,25H2,1-6H3,(H,26,31)(H,27,32). The van der Waals surface area contributed by atoms with Gasteiger partial charge in [-0.1, -0.05) is 17.2 Å². The molecule has 0 saturated heterocycles. The predicted octanol–water partition coefficient (Wildman–Crippen LogP) is 2.04. The maximum absolute atomic E-state index is 13.0. The Hall–Kier alpha value is -3.23. The number of halogens is 1. The molecule has 0 bridgehead atoms. The minimum atomic E-state index is -2.97. The number of ether oxygens (including phenoxy) is 2. The average molecular weight is 587 g/mol. The Kier molecular flexibility index (Phi) is 11.0. The lowest BCUT2D eigenvalue weighted by molar-refractivity contribution is -0.204. The lowest BCUT2D eigenvalue weighted by Crippen LogP contribution is -2.64. The number of nitrogens with two attached hydrogens (primary N) is 1. The average Bonchev–Trinajstić information content (AvgIpc) is 2.76. The van der Waals surface area contributed by atoms with Crippen LogP contribution in [-0.4, -0.2) is 58.8 Å². The van der Waals surface area contributed by atoms with Gasteiger partial charge in [0, 0.05) is 22.5 Å². The van der Waals surface area contributed by atoms with Crippen LogP contribution >= 0.6 is 15.9 Å². The summed E-state index contributed by atoms with van der Waals surface area (Å²) in [4.78, 5) is 58.8. The maximum atomic E-state index is 13.0. The highest BCUT2D eigenvalue weighted by molar-refractivity contribution is 9.10. The number of azide groups is 1. The van der Waals surface area contributed by atoms with Gasteiger partial charge in [0.15, 0.2) is 0 Å². The predicted molar refractivity (Wildman–Crippen MR) is 134 cm³/mol. The number of amides is 2. The third-order valence-corrected chi connectivity index (χ3v) is 5.13. The van der Waals surface area contributed by atoms with Crippen LogP contribution in [0.1, 0.15) is 57.5 Å². The Morgan fingerprint density at radius 1 is 1.03 bits per heavy atom. The van der Waals surface area contributed by atoms with Gasteiger partial charge in [-0.25, -0.2) is 15.5 Å². The molecule has 0 aliphatic rings. The molecule has 204 valence electrons. The molecular formula is C22H31BrN6O8. The summed E-state index contributed by atoms with van der Waals surface area (Å²) >= 11 is 3.18. The summed E-state index contributed by atoms with van der Waals surface area (Å²) in [6, 6.07) is 2.84. The molecule has 5 N–H and O–H groups in total. The first-order valence-corrected chi connectivity index (χ1v) is 11.7. The van der Waals surface area contributed by atoms with Crippen molar-refractivity contribution in [2.45, 2.75) is 65.0 Å². The van der Waals surface area contributed by atoms with Gasteiger partial charge in [-0.2, -0.15) is 0 Å². The Bertz CT molecular complexity index is 1060. The molecule has 37 heavy (non-hydrogen) atoms. The van der Waals surface area contributed by atoms with Crippen molar-refractivity contribution in [3.63, 3.8) is 0 Å². The summed E-state index contributed by atoms with van der Waals surface area (Å²) in [5, 5.41) is 17.8. The number of carbonyl (C=O) groups is 4. The second-order valence-corrected chi connectivity index (χ2v) is 10.4. The van der Waals surface area contributed by atoms with Crippen LogP contribution in [0.3, 0.4) is 0 Å². The summed E-state index contributed by atoms with van der Waals surface area (Å²) in [7, 11) is 0. The summed E-state index contributed by atoms with van der Waals surface area (Å²) < 4.78 is 10.5. The Morgan fingerprint density at radius 3 is 1.97 bits per heavy atom. The van der Waals surface area contributed by atoms with Gasteiger partial charge in [0.25, 0.3) is 11.8 Å². The number of benzene rings is 1. The van der Waals surface area contributed by atoms with E-state index in [-0.39, 0.29) is 34.4 Å². The zero-order valence-electron chi connectivity index (χ0n) is 21.4. The minimum Gasteiger partial charge on any atom is -0.457 e. The van der Waals surface area contributed by atoms with E-state index < -0.39 is 47.2 Å². The molecule has 0 aliphatic carbocycles. The van der Waals surface area contributed by atoms with E-state index in [0.717, 1.165) is 0 Å². The smallest absolute Gasteiger partial charge is 0.363 e. The zero-order chi connectivity index (χ0) is 28.6. The van der Waals surface area contributed by atoms with E-state index in [4.69, 9.17) is 20.9 Å². The third kappa shape index (κ3) is 8.40. The molecule has 0 radical (unpaired) electrons. The van der Waals surface area contributed by atoms with Crippen LogP contribution in [0.5, 0.6) is 0 Å². The topological polar surface area (TPSA) is 215 Å². The van der Waals surface area contributed by atoms with E-state index >= 15 is 0 Å². The molecular weight excluding hydrogens is 556 g/mol. The molecule has 2 amide bonds. The van der Waals surface area contributed by atoms with Crippen molar-refractivity contribution in [2.75, 3.05) is 13.1 Å². The van der Waals surface area contributed by atoms with Crippen LogP contribution in [0.4, 0.5) is 5.69 Å². The van der Waals surface area contributed by atoms with Crippen LogP contribution in [-0.2, 0) is 35.3 Å². The van der Waals surface area contributed by atoms with Crippen LogP contribution in [0, 0.1) is 0 Å². The fraction of sp³-hybridized carbons (Fsp3) is 0.545. The van der Waals surface area contributed by atoms with Gasteiger partial charge in [-0.3, -0.25) is 14.4 Å². The van der Waals surface area contributed by atoms with Gasteiger partial charge in [0.2, 0.25) is 0 Å². The van der Waals surface area contributed by atoms with Gasteiger partial charge in [-0.05, 0) is 68.6 Å². The van der Waals surface area contributed by atoms with E-state index in [0.29, 0.717) is 0 Å². The van der Waals surface area contributed by atoms with Gasteiger partial charge in [0.05, 0.1) is 17.9 Å². The molecule has 14 nitrogen and oxygen atoms in total. The number of hydrogen-bond acceptors (Lipinski definition) is 10. The molecule has 0 heterocycles. The number of esters is 2. The van der Waals surface area contributed by atoms with Gasteiger partial charge in [-0.15, -0.1) is 0 Å². The van der Waals surface area contributed by atoms with E-state index in [9.17, 15) is 24.3 Å². The van der Waals surface area contributed by atoms with Crippen molar-refractivity contribution in [2.24, 2.45) is 11.0 Å². The summed E-state index contributed by atoms with van der Waals surface area (Å²) in [6.45, 7) is 8.18. The number of rotatable bonds is 10. The maximum Gasteiger partial charge on any atom is 0.363 e. The number of hydrogen-bond donors (Lipinski definition) is 4. The molecule has 0 aliphatic heterocycles. The Labute approximate surface area is 221 Å². The van der Waals surface area contributed by atoms with Crippen molar-refractivity contribution in [3.05, 3.63) is 38.2 Å². The highest BCUT2D eigenvalue weighted by atomic mass is 79.9. The van der Waals surface area contributed by atoms with Gasteiger partial charge >= 0.3 is 17.5 Å². The van der Waals surface area contributed by atoms with Crippen molar-refractivity contribution in [3.8, 4) is 0 Å². The lowest BCUT2D eigenvalue weighted by Gasteiger charge is -2.32. The first-order chi connectivity index (χ1) is 17.0. The molecule has 0 fully saturated rings. The largest absolute Gasteiger partial charge is 0.457 e. The molecule has 0 atom stereocenters. The first kappa shape index (κ1) is 31.8. The van der Waals surface area contributed by atoms with Crippen LogP contribution in [0.2, 0.25) is 0 Å². The molecule has 1 aromatic carbocycles. The lowest BCUT2D eigenvalue weighted by atomic mass is 10.0. The van der Waals surface area contributed by atoms with Crippen LogP contribution in [0.25, 0.3) is 10.4 Å². The van der Waals surface area contributed by atoms with Crippen LogP contribution in [0.15, 0.2) is 21.7 Å². The number of aliphatic hydroxyl groups excluding tert-OH is 1. The van der Waals surface area contributed by atoms with E-state index in [1.54, 1.807) is 0 Å². The zero-order valence-corrected chi connectivity index (χ0v) is 23.0. The van der Waals surface area contributed by atoms with E-state index in [1.165, 1.54) is 53.7 Å². The first-order valence-electron chi connectivity index (χ1n) is 10.9. The summed E-state index contributed by atoms with van der Waals surface area (Å²) in [5.74, 6) is 0.565. The Balaban J connectivity index is 3.09. The molecule has 1 aromatic rings. The highest BCUT2D eigenvalue weighted by Gasteiger charge is 2.59. The molecule has 0 spiro atoms. The number of aliphatic hydroxyl groups is 1. The number of carbonyl (C=O) groups excluding carboxylic acids is 4. The third-order valence-electron chi connectivity index (χ3n) is 4.32. The van der Waals surface area contributed by atoms with Crippen molar-refractivity contribution in [1.29, 1.82) is 0 Å². The molecule has 0 saturated carbocycles. The summed E-state index contributed by atoms with van der Waals surface area (Å²) in [6.07, 6.45) is 0. The number of nitrogens with one attached hydrogen (secondary N) is 2. The minimum absolute atomic E-state index is 0.0147. The van der Waals surface area contributed by atoms with Crippen molar-refractivity contribution >= 4 is 45.4 Å².